The van der Waals surface area contributed by atoms with Gasteiger partial charge in [-0.3, -0.25) is 4.79 Å². The summed E-state index contributed by atoms with van der Waals surface area (Å²) in [5.41, 5.74) is 4.41. The molecule has 1 fully saturated rings. The van der Waals surface area contributed by atoms with E-state index in [2.05, 4.69) is 72.3 Å². The highest BCUT2D eigenvalue weighted by molar-refractivity contribution is 5.91. The standard InChI is InChI=1S/C23H31N3O2/c1-18(2)26(22-8-4-19(3)5-9-22)13-12-23(27)24-20-6-10-21(11-7-20)25-14-16-28-17-15-25/h4-11,18H,12-17H2,1-3H3,(H,24,27). The maximum atomic E-state index is 12.4. The summed E-state index contributed by atoms with van der Waals surface area (Å²) >= 11 is 0. The van der Waals surface area contributed by atoms with Crippen LogP contribution in [0.4, 0.5) is 17.1 Å². The fraction of sp³-hybridized carbons (Fsp3) is 0.435. The summed E-state index contributed by atoms with van der Waals surface area (Å²) in [6.45, 7) is 10.5. The van der Waals surface area contributed by atoms with E-state index in [1.54, 1.807) is 0 Å². The molecule has 0 saturated carbocycles. The van der Waals surface area contributed by atoms with Gasteiger partial charge in [0.1, 0.15) is 0 Å². The Morgan fingerprint density at radius 2 is 1.71 bits per heavy atom. The Morgan fingerprint density at radius 3 is 2.32 bits per heavy atom. The maximum absolute atomic E-state index is 12.4. The average molecular weight is 382 g/mol. The molecule has 28 heavy (non-hydrogen) atoms. The predicted octanol–water partition coefficient (Wildman–Crippen LogP) is 4.08. The van der Waals surface area contributed by atoms with Crippen molar-refractivity contribution < 1.29 is 9.53 Å². The largest absolute Gasteiger partial charge is 0.378 e. The zero-order valence-electron chi connectivity index (χ0n) is 17.1. The van der Waals surface area contributed by atoms with E-state index in [9.17, 15) is 4.79 Å². The predicted molar refractivity (Wildman–Crippen MR) is 116 cm³/mol. The molecular formula is C23H31N3O2. The van der Waals surface area contributed by atoms with E-state index < -0.39 is 0 Å². The first-order valence-corrected chi connectivity index (χ1v) is 10.1. The van der Waals surface area contributed by atoms with E-state index in [0.29, 0.717) is 19.0 Å². The molecule has 0 bridgehead atoms. The van der Waals surface area contributed by atoms with Crippen LogP contribution in [0.1, 0.15) is 25.8 Å². The van der Waals surface area contributed by atoms with E-state index in [1.165, 1.54) is 11.3 Å². The van der Waals surface area contributed by atoms with Crippen molar-refractivity contribution >= 4 is 23.0 Å². The van der Waals surface area contributed by atoms with Crippen LogP contribution >= 0.6 is 0 Å². The second-order valence-corrected chi connectivity index (χ2v) is 7.57. The zero-order chi connectivity index (χ0) is 19.9. The van der Waals surface area contributed by atoms with Gasteiger partial charge in [0.2, 0.25) is 5.91 Å². The second kappa shape index (κ2) is 9.60. The van der Waals surface area contributed by atoms with Crippen molar-refractivity contribution in [3.8, 4) is 0 Å². The minimum atomic E-state index is 0.0388. The lowest BCUT2D eigenvalue weighted by Crippen LogP contribution is -2.36. The molecule has 1 amide bonds. The van der Waals surface area contributed by atoms with E-state index in [1.807, 2.05) is 12.1 Å². The number of anilines is 3. The van der Waals surface area contributed by atoms with Crippen LogP contribution in [0.25, 0.3) is 0 Å². The molecule has 2 aromatic carbocycles. The summed E-state index contributed by atoms with van der Waals surface area (Å²) < 4.78 is 5.40. The van der Waals surface area contributed by atoms with Crippen LogP contribution in [0.15, 0.2) is 48.5 Å². The highest BCUT2D eigenvalue weighted by atomic mass is 16.5. The number of benzene rings is 2. The Labute approximate surface area is 168 Å². The number of aryl methyl sites for hydroxylation is 1. The first-order chi connectivity index (χ1) is 13.5. The fourth-order valence-corrected chi connectivity index (χ4v) is 3.44. The quantitative estimate of drug-likeness (QED) is 0.785. The highest BCUT2D eigenvalue weighted by Crippen LogP contribution is 2.20. The number of hydrogen-bond donors (Lipinski definition) is 1. The first-order valence-electron chi connectivity index (χ1n) is 10.1. The molecule has 1 aliphatic heterocycles. The van der Waals surface area contributed by atoms with Crippen LogP contribution in [0.5, 0.6) is 0 Å². The smallest absolute Gasteiger partial charge is 0.226 e. The van der Waals surface area contributed by atoms with Crippen molar-refractivity contribution in [2.24, 2.45) is 0 Å². The highest BCUT2D eigenvalue weighted by Gasteiger charge is 2.14. The van der Waals surface area contributed by atoms with Crippen LogP contribution in [-0.4, -0.2) is 44.8 Å². The molecular weight excluding hydrogens is 350 g/mol. The van der Waals surface area contributed by atoms with E-state index >= 15 is 0 Å². The third-order valence-electron chi connectivity index (χ3n) is 5.10. The van der Waals surface area contributed by atoms with Gasteiger partial charge in [-0.1, -0.05) is 17.7 Å². The molecule has 1 saturated heterocycles. The molecule has 1 N–H and O–H groups in total. The Balaban J connectivity index is 1.53. The summed E-state index contributed by atoms with van der Waals surface area (Å²) in [4.78, 5) is 17.0. The first kappa shape index (κ1) is 20.2. The molecule has 150 valence electrons. The van der Waals surface area contributed by atoms with Crippen LogP contribution in [0.2, 0.25) is 0 Å². The number of morpholine rings is 1. The monoisotopic (exact) mass is 381 g/mol. The van der Waals surface area contributed by atoms with Crippen molar-refractivity contribution in [1.29, 1.82) is 0 Å². The fourth-order valence-electron chi connectivity index (χ4n) is 3.44. The minimum absolute atomic E-state index is 0.0388. The van der Waals surface area contributed by atoms with Gasteiger partial charge in [-0.05, 0) is 57.2 Å². The molecule has 2 aromatic rings. The number of nitrogens with zero attached hydrogens (tertiary/aromatic N) is 2. The van der Waals surface area contributed by atoms with Crippen molar-refractivity contribution in [2.75, 3.05) is 48.0 Å². The number of rotatable bonds is 7. The Hall–Kier alpha value is -2.53. The molecule has 0 unspecified atom stereocenters. The molecule has 3 rings (SSSR count). The number of carbonyl (C=O) groups excluding carboxylic acids is 1. The second-order valence-electron chi connectivity index (χ2n) is 7.57. The van der Waals surface area contributed by atoms with Gasteiger partial charge in [0.05, 0.1) is 13.2 Å². The summed E-state index contributed by atoms with van der Waals surface area (Å²) in [6, 6.07) is 16.9. The van der Waals surface area contributed by atoms with Gasteiger partial charge >= 0.3 is 0 Å². The van der Waals surface area contributed by atoms with E-state index in [4.69, 9.17) is 4.74 Å². The summed E-state index contributed by atoms with van der Waals surface area (Å²) in [5, 5.41) is 3.02. The number of amides is 1. The maximum Gasteiger partial charge on any atom is 0.226 e. The van der Waals surface area contributed by atoms with Gasteiger partial charge in [0.15, 0.2) is 0 Å². The molecule has 0 aromatic heterocycles. The number of ether oxygens (including phenoxy) is 1. The van der Waals surface area contributed by atoms with Crippen LogP contribution in [-0.2, 0) is 9.53 Å². The summed E-state index contributed by atoms with van der Waals surface area (Å²) in [6.07, 6.45) is 0.456. The third-order valence-corrected chi connectivity index (χ3v) is 5.10. The lowest BCUT2D eigenvalue weighted by molar-refractivity contribution is -0.116. The van der Waals surface area contributed by atoms with Crippen LogP contribution in [0.3, 0.4) is 0 Å². The van der Waals surface area contributed by atoms with Crippen molar-refractivity contribution in [1.82, 2.24) is 0 Å². The topological polar surface area (TPSA) is 44.8 Å². The molecule has 5 heteroatoms. The van der Waals surface area contributed by atoms with Gasteiger partial charge < -0.3 is 19.9 Å². The van der Waals surface area contributed by atoms with E-state index in [-0.39, 0.29) is 5.91 Å². The van der Waals surface area contributed by atoms with Crippen LogP contribution < -0.4 is 15.1 Å². The lowest BCUT2D eigenvalue weighted by Gasteiger charge is -2.29. The Morgan fingerprint density at radius 1 is 1.07 bits per heavy atom. The molecule has 0 radical (unpaired) electrons. The van der Waals surface area contributed by atoms with Gasteiger partial charge in [0.25, 0.3) is 0 Å². The number of carbonyl (C=O) groups is 1. The van der Waals surface area contributed by atoms with Crippen molar-refractivity contribution in [3.05, 3.63) is 54.1 Å². The molecule has 0 spiro atoms. The summed E-state index contributed by atoms with van der Waals surface area (Å²) in [5.74, 6) is 0.0388. The molecule has 1 heterocycles. The normalized spacial score (nSPS) is 14.2. The lowest BCUT2D eigenvalue weighted by atomic mass is 10.1. The van der Waals surface area contributed by atoms with Crippen LogP contribution in [0, 0.1) is 6.92 Å². The van der Waals surface area contributed by atoms with Gasteiger partial charge in [-0.25, -0.2) is 0 Å². The Kier molecular flexibility index (Phi) is 6.93. The van der Waals surface area contributed by atoms with Crippen molar-refractivity contribution in [2.45, 2.75) is 33.2 Å². The molecule has 0 aliphatic carbocycles. The summed E-state index contributed by atoms with van der Waals surface area (Å²) in [7, 11) is 0. The zero-order valence-corrected chi connectivity index (χ0v) is 17.1. The third kappa shape index (κ3) is 5.49. The average Bonchev–Trinajstić information content (AvgIpc) is 2.70. The number of hydrogen-bond acceptors (Lipinski definition) is 4. The van der Waals surface area contributed by atoms with Gasteiger partial charge in [0, 0.05) is 49.2 Å². The molecule has 0 atom stereocenters. The SMILES string of the molecule is Cc1ccc(N(CCC(=O)Nc2ccc(N3CCOCC3)cc2)C(C)C)cc1. The molecule has 1 aliphatic rings. The van der Waals surface area contributed by atoms with Gasteiger partial charge in [-0.2, -0.15) is 0 Å². The van der Waals surface area contributed by atoms with E-state index in [0.717, 1.165) is 37.7 Å². The molecule has 5 nitrogen and oxygen atoms in total. The Bertz CT molecular complexity index is 750. The minimum Gasteiger partial charge on any atom is -0.378 e. The number of nitrogens with one attached hydrogen (secondary N) is 1. The van der Waals surface area contributed by atoms with Crippen molar-refractivity contribution in [3.63, 3.8) is 0 Å². The van der Waals surface area contributed by atoms with Gasteiger partial charge in [-0.15, -0.1) is 0 Å².